The maximum Gasteiger partial charge on any atom is 0.269 e. The van der Waals surface area contributed by atoms with Gasteiger partial charge in [0, 0.05) is 12.1 Å². The summed E-state index contributed by atoms with van der Waals surface area (Å²) in [6.07, 6.45) is 0. The standard InChI is InChI=1S/C19H15N3O4/c23-17-9-1-13(2-10-17)19(14-3-11-18(24)12-4-14)21-20-15-5-7-16(8-6-15)22(25)26/h1-12,19,23-24H. The monoisotopic (exact) mass is 349 g/mol. The third kappa shape index (κ3) is 4.02. The fraction of sp³-hybridized carbons (Fsp3) is 0.0526. The number of nitro groups is 1. The van der Waals surface area contributed by atoms with Gasteiger partial charge in [-0.3, -0.25) is 10.1 Å². The Labute approximate surface area is 149 Å². The van der Waals surface area contributed by atoms with Gasteiger partial charge in [0.15, 0.2) is 0 Å². The minimum absolute atomic E-state index is 0.0161. The molecule has 7 nitrogen and oxygen atoms in total. The van der Waals surface area contributed by atoms with Gasteiger partial charge in [0.25, 0.3) is 5.69 Å². The van der Waals surface area contributed by atoms with Crippen LogP contribution in [0.1, 0.15) is 17.2 Å². The van der Waals surface area contributed by atoms with Gasteiger partial charge >= 0.3 is 0 Å². The predicted octanol–water partition coefficient (Wildman–Crippen LogP) is 4.88. The fourth-order valence-corrected chi connectivity index (χ4v) is 2.40. The second kappa shape index (κ2) is 7.43. The number of non-ortho nitro benzene ring substituents is 1. The Morgan fingerprint density at radius 2 is 1.23 bits per heavy atom. The van der Waals surface area contributed by atoms with Gasteiger partial charge in [0.05, 0.1) is 10.6 Å². The van der Waals surface area contributed by atoms with Crippen LogP contribution in [0.5, 0.6) is 11.5 Å². The van der Waals surface area contributed by atoms with Crippen LogP contribution in [0.2, 0.25) is 0 Å². The number of azo groups is 1. The van der Waals surface area contributed by atoms with E-state index in [0.717, 1.165) is 11.1 Å². The lowest BCUT2D eigenvalue weighted by atomic mass is 9.99. The molecule has 3 aromatic carbocycles. The molecule has 0 bridgehead atoms. The molecule has 0 heterocycles. The molecule has 3 aromatic rings. The fourth-order valence-electron chi connectivity index (χ4n) is 2.40. The van der Waals surface area contributed by atoms with Crippen LogP contribution >= 0.6 is 0 Å². The number of nitro benzene ring substituents is 1. The van der Waals surface area contributed by atoms with Crippen molar-refractivity contribution in [1.29, 1.82) is 0 Å². The summed E-state index contributed by atoms with van der Waals surface area (Å²) in [6, 6.07) is 18.5. The minimum atomic E-state index is -0.476. The van der Waals surface area contributed by atoms with Crippen molar-refractivity contribution in [2.75, 3.05) is 0 Å². The molecule has 0 fully saturated rings. The average molecular weight is 349 g/mol. The molecule has 26 heavy (non-hydrogen) atoms. The second-order valence-electron chi connectivity index (χ2n) is 5.57. The highest BCUT2D eigenvalue weighted by Gasteiger charge is 2.14. The maximum absolute atomic E-state index is 10.7. The molecule has 0 radical (unpaired) electrons. The molecule has 0 unspecified atom stereocenters. The Balaban J connectivity index is 1.93. The van der Waals surface area contributed by atoms with E-state index in [9.17, 15) is 20.3 Å². The lowest BCUT2D eigenvalue weighted by molar-refractivity contribution is -0.384. The molecule has 0 atom stereocenters. The summed E-state index contributed by atoms with van der Waals surface area (Å²) in [5.74, 6) is 0.288. The van der Waals surface area contributed by atoms with E-state index < -0.39 is 11.0 Å². The van der Waals surface area contributed by atoms with Crippen molar-refractivity contribution in [3.63, 3.8) is 0 Å². The molecule has 0 aliphatic rings. The summed E-state index contributed by atoms with van der Waals surface area (Å²) in [5.41, 5.74) is 2.08. The number of rotatable bonds is 5. The Morgan fingerprint density at radius 3 is 1.65 bits per heavy atom. The maximum atomic E-state index is 10.7. The van der Waals surface area contributed by atoms with Gasteiger partial charge in [-0.25, -0.2) is 0 Å². The molecule has 0 amide bonds. The van der Waals surface area contributed by atoms with E-state index in [-0.39, 0.29) is 17.2 Å². The first-order valence-electron chi connectivity index (χ1n) is 7.76. The number of phenolic OH excluding ortho intramolecular Hbond substituents is 2. The van der Waals surface area contributed by atoms with Gasteiger partial charge in [0.1, 0.15) is 17.5 Å². The van der Waals surface area contributed by atoms with E-state index in [0.29, 0.717) is 5.69 Å². The van der Waals surface area contributed by atoms with E-state index in [4.69, 9.17) is 0 Å². The first-order valence-corrected chi connectivity index (χ1v) is 7.76. The van der Waals surface area contributed by atoms with Crippen molar-refractivity contribution in [2.24, 2.45) is 10.2 Å². The molecule has 0 saturated heterocycles. The average Bonchev–Trinajstić information content (AvgIpc) is 2.65. The summed E-state index contributed by atoms with van der Waals surface area (Å²) in [4.78, 5) is 10.2. The Kier molecular flexibility index (Phi) is 4.89. The normalized spacial score (nSPS) is 11.1. The van der Waals surface area contributed by atoms with Gasteiger partial charge in [-0.1, -0.05) is 24.3 Å². The Bertz CT molecular complexity index is 875. The summed E-state index contributed by atoms with van der Waals surface area (Å²) >= 11 is 0. The molecule has 7 heteroatoms. The van der Waals surface area contributed by atoms with Crippen molar-refractivity contribution in [2.45, 2.75) is 6.04 Å². The second-order valence-corrected chi connectivity index (χ2v) is 5.57. The molecule has 0 aromatic heterocycles. The molecule has 2 N–H and O–H groups in total. The summed E-state index contributed by atoms with van der Waals surface area (Å²) < 4.78 is 0. The van der Waals surface area contributed by atoms with Crippen molar-refractivity contribution in [1.82, 2.24) is 0 Å². The van der Waals surface area contributed by atoms with Gasteiger partial charge in [-0.15, -0.1) is 0 Å². The zero-order valence-corrected chi connectivity index (χ0v) is 13.6. The first-order chi connectivity index (χ1) is 12.5. The molecular weight excluding hydrogens is 334 g/mol. The van der Waals surface area contributed by atoms with Crippen molar-refractivity contribution in [3.8, 4) is 11.5 Å². The number of hydrogen-bond acceptors (Lipinski definition) is 6. The highest BCUT2D eigenvalue weighted by Crippen LogP contribution is 2.30. The van der Waals surface area contributed by atoms with E-state index in [1.54, 1.807) is 48.5 Å². The van der Waals surface area contributed by atoms with E-state index >= 15 is 0 Å². The lowest BCUT2D eigenvalue weighted by Gasteiger charge is -2.12. The quantitative estimate of drug-likeness (QED) is 0.389. The van der Waals surface area contributed by atoms with Gasteiger partial charge in [-0.05, 0) is 47.5 Å². The Morgan fingerprint density at radius 1 is 0.769 bits per heavy atom. The van der Waals surface area contributed by atoms with E-state index in [1.807, 2.05) is 0 Å². The molecule has 0 aliphatic carbocycles. The highest BCUT2D eigenvalue weighted by atomic mass is 16.6. The predicted molar refractivity (Wildman–Crippen MR) is 95.7 cm³/mol. The Hall–Kier alpha value is -3.74. The molecule has 130 valence electrons. The molecular formula is C19H15N3O4. The van der Waals surface area contributed by atoms with Gasteiger partial charge < -0.3 is 10.2 Å². The number of phenols is 2. The third-order valence-corrected chi connectivity index (χ3v) is 3.77. The van der Waals surface area contributed by atoms with Crippen LogP contribution in [0.4, 0.5) is 11.4 Å². The number of nitrogens with zero attached hydrogens (tertiary/aromatic N) is 3. The minimum Gasteiger partial charge on any atom is -0.508 e. The van der Waals surface area contributed by atoms with Crippen LogP contribution in [0.15, 0.2) is 83.0 Å². The van der Waals surface area contributed by atoms with E-state index in [2.05, 4.69) is 10.2 Å². The van der Waals surface area contributed by atoms with Crippen LogP contribution in [-0.4, -0.2) is 15.1 Å². The summed E-state index contributed by atoms with van der Waals surface area (Å²) in [5, 5.41) is 38.2. The third-order valence-electron chi connectivity index (χ3n) is 3.77. The largest absolute Gasteiger partial charge is 0.508 e. The topological polar surface area (TPSA) is 108 Å². The molecule has 0 spiro atoms. The van der Waals surface area contributed by atoms with Crippen LogP contribution in [0.3, 0.4) is 0 Å². The SMILES string of the molecule is O=[N+]([O-])c1ccc(N=NC(c2ccc(O)cc2)c2ccc(O)cc2)cc1. The smallest absolute Gasteiger partial charge is 0.269 e. The van der Waals surface area contributed by atoms with E-state index in [1.165, 1.54) is 24.3 Å². The number of benzene rings is 3. The molecule has 0 saturated carbocycles. The van der Waals surface area contributed by atoms with Crippen molar-refractivity contribution in [3.05, 3.63) is 94.0 Å². The van der Waals surface area contributed by atoms with Crippen molar-refractivity contribution < 1.29 is 15.1 Å². The van der Waals surface area contributed by atoms with Crippen LogP contribution in [-0.2, 0) is 0 Å². The van der Waals surface area contributed by atoms with Crippen LogP contribution < -0.4 is 0 Å². The zero-order chi connectivity index (χ0) is 18.5. The highest BCUT2D eigenvalue weighted by molar-refractivity contribution is 5.44. The van der Waals surface area contributed by atoms with Crippen molar-refractivity contribution >= 4 is 11.4 Å². The number of hydrogen-bond donors (Lipinski definition) is 2. The lowest BCUT2D eigenvalue weighted by Crippen LogP contribution is -1.97. The first kappa shape index (κ1) is 17.1. The van der Waals surface area contributed by atoms with Crippen LogP contribution in [0.25, 0.3) is 0 Å². The van der Waals surface area contributed by atoms with Gasteiger partial charge in [0.2, 0.25) is 0 Å². The van der Waals surface area contributed by atoms with Crippen LogP contribution in [0, 0.1) is 10.1 Å². The van der Waals surface area contributed by atoms with Gasteiger partial charge in [-0.2, -0.15) is 10.2 Å². The summed E-state index contributed by atoms with van der Waals surface area (Å²) in [7, 11) is 0. The molecule has 0 aliphatic heterocycles. The zero-order valence-electron chi connectivity index (χ0n) is 13.6. The number of aromatic hydroxyl groups is 2. The molecule has 3 rings (SSSR count). The summed E-state index contributed by atoms with van der Waals surface area (Å²) in [6.45, 7) is 0.